The number of carboxylic acid groups (broad SMARTS) is 1. The van der Waals surface area contributed by atoms with E-state index in [0.29, 0.717) is 35.5 Å². The van der Waals surface area contributed by atoms with Gasteiger partial charge in [-0.3, -0.25) is 0 Å². The molecule has 0 aliphatic carbocycles. The van der Waals surface area contributed by atoms with Gasteiger partial charge in [0.25, 0.3) is 0 Å². The van der Waals surface area contributed by atoms with Crippen LogP contribution < -0.4 is 0 Å². The van der Waals surface area contributed by atoms with Crippen LogP contribution in [0.2, 0.25) is 0 Å². The first-order valence-corrected chi connectivity index (χ1v) is 7.65. The third-order valence-electron chi connectivity index (χ3n) is 3.80. The minimum atomic E-state index is -0.898. The van der Waals surface area contributed by atoms with E-state index >= 15 is 0 Å². The molecule has 0 radical (unpaired) electrons. The fourth-order valence-corrected chi connectivity index (χ4v) is 3.03. The molecule has 1 aromatic carbocycles. The molecule has 6 nitrogen and oxygen atoms in total. The molecule has 1 atom stereocenters. The van der Waals surface area contributed by atoms with Gasteiger partial charge in [-0.2, -0.15) is 0 Å². The number of hydrogen-bond donors (Lipinski definition) is 1. The Bertz CT molecular complexity index is 706. The third kappa shape index (κ3) is 2.96. The second kappa shape index (κ2) is 6.04. The van der Waals surface area contributed by atoms with Gasteiger partial charge in [0, 0.05) is 24.1 Å². The summed E-state index contributed by atoms with van der Waals surface area (Å²) in [7, 11) is 0. The highest BCUT2D eigenvalue weighted by Crippen LogP contribution is 2.26. The summed E-state index contributed by atoms with van der Waals surface area (Å²) in [5.41, 5.74) is 0.383. The van der Waals surface area contributed by atoms with E-state index in [4.69, 9.17) is 5.11 Å². The summed E-state index contributed by atoms with van der Waals surface area (Å²) in [4.78, 5) is 12.4. The van der Waals surface area contributed by atoms with Crippen molar-refractivity contribution in [2.45, 2.75) is 13.0 Å². The number of benzene rings is 1. The van der Waals surface area contributed by atoms with Crippen LogP contribution in [0.5, 0.6) is 0 Å². The van der Waals surface area contributed by atoms with Gasteiger partial charge >= 0.3 is 6.09 Å². The minimum Gasteiger partial charge on any atom is -0.465 e. The van der Waals surface area contributed by atoms with Crippen molar-refractivity contribution in [3.05, 3.63) is 34.8 Å². The van der Waals surface area contributed by atoms with Gasteiger partial charge in [-0.15, -0.1) is 10.2 Å². The van der Waals surface area contributed by atoms with Gasteiger partial charge in [0.05, 0.1) is 5.56 Å². The zero-order valence-electron chi connectivity index (χ0n) is 11.6. The van der Waals surface area contributed by atoms with Crippen molar-refractivity contribution in [1.29, 1.82) is 0 Å². The molecular formula is C14H14BrFN4O2. The molecule has 8 heteroatoms. The number of aromatic nitrogens is 3. The maximum Gasteiger partial charge on any atom is 0.407 e. The number of halogens is 2. The van der Waals surface area contributed by atoms with Crippen LogP contribution in [0.4, 0.5) is 9.18 Å². The van der Waals surface area contributed by atoms with Crippen molar-refractivity contribution in [3.63, 3.8) is 0 Å². The number of rotatable bonds is 3. The molecule has 1 aromatic heterocycles. The lowest BCUT2D eigenvalue weighted by Crippen LogP contribution is -2.27. The lowest BCUT2D eigenvalue weighted by Gasteiger charge is -2.14. The summed E-state index contributed by atoms with van der Waals surface area (Å²) >= 11 is 3.23. The topological polar surface area (TPSA) is 71.2 Å². The second-order valence-corrected chi connectivity index (χ2v) is 6.23. The van der Waals surface area contributed by atoms with Crippen LogP contribution in [0.3, 0.4) is 0 Å². The van der Waals surface area contributed by atoms with Gasteiger partial charge in [-0.25, -0.2) is 9.18 Å². The van der Waals surface area contributed by atoms with Crippen molar-refractivity contribution in [2.24, 2.45) is 5.92 Å². The maximum absolute atomic E-state index is 14.1. The first kappa shape index (κ1) is 15.0. The molecule has 1 saturated heterocycles. The summed E-state index contributed by atoms with van der Waals surface area (Å²) < 4.78 is 16.5. The van der Waals surface area contributed by atoms with Gasteiger partial charge in [0.2, 0.25) is 0 Å². The zero-order valence-corrected chi connectivity index (χ0v) is 13.2. The Labute approximate surface area is 134 Å². The molecule has 0 unspecified atom stereocenters. The zero-order chi connectivity index (χ0) is 15.7. The SMILES string of the molecule is O=C(O)N1CC[C@@H](Cn2cnnc2-c2ccc(Br)cc2F)C1. The number of carbonyl (C=O) groups is 1. The molecule has 22 heavy (non-hydrogen) atoms. The van der Waals surface area contributed by atoms with E-state index in [9.17, 15) is 9.18 Å². The fraction of sp³-hybridized carbons (Fsp3) is 0.357. The molecule has 1 amide bonds. The molecule has 3 rings (SSSR count). The fourth-order valence-electron chi connectivity index (χ4n) is 2.70. The van der Waals surface area contributed by atoms with Crippen molar-refractivity contribution >= 4 is 22.0 Å². The van der Waals surface area contributed by atoms with Crippen LogP contribution in [0.1, 0.15) is 6.42 Å². The minimum absolute atomic E-state index is 0.185. The molecular weight excluding hydrogens is 355 g/mol. The normalized spacial score (nSPS) is 17.9. The van der Waals surface area contributed by atoms with E-state index in [-0.39, 0.29) is 11.7 Å². The first-order chi connectivity index (χ1) is 10.5. The molecule has 1 aliphatic heterocycles. The van der Waals surface area contributed by atoms with Crippen LogP contribution in [-0.4, -0.2) is 44.0 Å². The number of nitrogens with zero attached hydrogens (tertiary/aromatic N) is 4. The lowest BCUT2D eigenvalue weighted by molar-refractivity contribution is 0.153. The van der Waals surface area contributed by atoms with E-state index in [1.54, 1.807) is 23.0 Å². The quantitative estimate of drug-likeness (QED) is 0.903. The number of likely N-dealkylation sites (tertiary alicyclic amines) is 1. The van der Waals surface area contributed by atoms with E-state index < -0.39 is 6.09 Å². The highest BCUT2D eigenvalue weighted by molar-refractivity contribution is 9.10. The number of amides is 1. The number of hydrogen-bond acceptors (Lipinski definition) is 3. The monoisotopic (exact) mass is 368 g/mol. The van der Waals surface area contributed by atoms with Crippen molar-refractivity contribution in [2.75, 3.05) is 13.1 Å². The average Bonchev–Trinajstić information content (AvgIpc) is 3.09. The predicted octanol–water partition coefficient (Wildman–Crippen LogP) is 2.85. The summed E-state index contributed by atoms with van der Waals surface area (Å²) in [5, 5.41) is 16.9. The van der Waals surface area contributed by atoms with E-state index in [1.807, 2.05) is 0 Å². The Morgan fingerprint density at radius 3 is 3.00 bits per heavy atom. The standard InChI is InChI=1S/C14H14BrFN4O2/c15-10-1-2-11(12(16)5-10)13-18-17-8-20(13)7-9-3-4-19(6-9)14(21)22/h1-2,5,8-9H,3-4,6-7H2,(H,21,22)/t9-/m1/s1. The van der Waals surface area contributed by atoms with Gasteiger partial charge in [0.1, 0.15) is 12.1 Å². The molecule has 2 heterocycles. The molecule has 1 aliphatic rings. The van der Waals surface area contributed by atoms with Crippen LogP contribution in [0, 0.1) is 11.7 Å². The van der Waals surface area contributed by atoms with Gasteiger partial charge in [-0.05, 0) is 30.5 Å². The molecule has 1 N–H and O–H groups in total. The molecule has 0 bridgehead atoms. The Kier molecular flexibility index (Phi) is 4.10. The van der Waals surface area contributed by atoms with E-state index in [1.165, 1.54) is 11.0 Å². The van der Waals surface area contributed by atoms with Gasteiger partial charge in [0.15, 0.2) is 5.82 Å². The third-order valence-corrected chi connectivity index (χ3v) is 4.29. The Morgan fingerprint density at radius 2 is 2.32 bits per heavy atom. The predicted molar refractivity (Wildman–Crippen MR) is 80.8 cm³/mol. The highest BCUT2D eigenvalue weighted by atomic mass is 79.9. The summed E-state index contributed by atoms with van der Waals surface area (Å²) in [6.45, 7) is 1.58. The van der Waals surface area contributed by atoms with Gasteiger partial charge in [-0.1, -0.05) is 15.9 Å². The smallest absolute Gasteiger partial charge is 0.407 e. The van der Waals surface area contributed by atoms with Crippen molar-refractivity contribution in [3.8, 4) is 11.4 Å². The molecule has 2 aromatic rings. The van der Waals surface area contributed by atoms with Crippen molar-refractivity contribution in [1.82, 2.24) is 19.7 Å². The van der Waals surface area contributed by atoms with E-state index in [0.717, 1.165) is 6.42 Å². The van der Waals surface area contributed by atoms with Crippen LogP contribution in [0.15, 0.2) is 29.0 Å². The Morgan fingerprint density at radius 1 is 1.50 bits per heavy atom. The second-order valence-electron chi connectivity index (χ2n) is 5.31. The summed E-state index contributed by atoms with van der Waals surface area (Å²) in [5.74, 6) is 0.269. The highest BCUT2D eigenvalue weighted by Gasteiger charge is 2.27. The van der Waals surface area contributed by atoms with Crippen LogP contribution in [0.25, 0.3) is 11.4 Å². The molecule has 116 valence electrons. The average molecular weight is 369 g/mol. The maximum atomic E-state index is 14.1. The summed E-state index contributed by atoms with van der Waals surface area (Å²) in [6.07, 6.45) is 1.44. The molecule has 0 spiro atoms. The Balaban J connectivity index is 1.80. The van der Waals surface area contributed by atoms with Crippen LogP contribution in [-0.2, 0) is 6.54 Å². The lowest BCUT2D eigenvalue weighted by atomic mass is 10.1. The van der Waals surface area contributed by atoms with Crippen LogP contribution >= 0.6 is 15.9 Å². The first-order valence-electron chi connectivity index (χ1n) is 6.85. The van der Waals surface area contributed by atoms with E-state index in [2.05, 4.69) is 26.1 Å². The largest absolute Gasteiger partial charge is 0.465 e. The molecule has 0 saturated carbocycles. The van der Waals surface area contributed by atoms with Gasteiger partial charge < -0.3 is 14.6 Å². The Hall–Kier alpha value is -1.96. The van der Waals surface area contributed by atoms with Crippen molar-refractivity contribution < 1.29 is 14.3 Å². The summed E-state index contributed by atoms with van der Waals surface area (Å²) in [6, 6.07) is 4.79. The molecule has 1 fully saturated rings.